The first-order chi connectivity index (χ1) is 11.5. The number of carbonyl (C=O) groups excluding carboxylic acids is 2. The summed E-state index contributed by atoms with van der Waals surface area (Å²) in [6, 6.07) is 5.71. The summed E-state index contributed by atoms with van der Waals surface area (Å²) in [4.78, 5) is 21.0. The standard InChI is InChI=1S/C13H20N2O3.C4H7NO/c1-14-13(16)4-5-15-9-10-6-11(17-2)8-12(7-10)18-3;1-3-4(6)5-2/h6-8,15H,4-5,9H2,1-3H3,(H,14,16);3H,1H2,2H3,(H,5,6). The van der Waals surface area contributed by atoms with E-state index in [4.69, 9.17) is 9.47 Å². The summed E-state index contributed by atoms with van der Waals surface area (Å²) in [7, 11) is 6.44. The predicted molar refractivity (Wildman–Crippen MR) is 94.2 cm³/mol. The Bertz CT molecular complexity index is 510. The van der Waals surface area contributed by atoms with Gasteiger partial charge in [-0.2, -0.15) is 0 Å². The number of amides is 2. The van der Waals surface area contributed by atoms with Gasteiger partial charge < -0.3 is 25.4 Å². The van der Waals surface area contributed by atoms with Crippen molar-refractivity contribution in [3.63, 3.8) is 0 Å². The van der Waals surface area contributed by atoms with Gasteiger partial charge >= 0.3 is 0 Å². The SMILES string of the molecule is C=CC(=O)NC.CNC(=O)CCNCc1cc(OC)cc(OC)c1. The van der Waals surface area contributed by atoms with E-state index >= 15 is 0 Å². The van der Waals surface area contributed by atoms with Crippen LogP contribution in [0.15, 0.2) is 30.9 Å². The van der Waals surface area contributed by atoms with E-state index in [1.807, 2.05) is 18.2 Å². The largest absolute Gasteiger partial charge is 0.497 e. The molecule has 1 aromatic carbocycles. The van der Waals surface area contributed by atoms with Gasteiger partial charge in [-0.3, -0.25) is 9.59 Å². The molecular weight excluding hydrogens is 310 g/mol. The maximum Gasteiger partial charge on any atom is 0.243 e. The van der Waals surface area contributed by atoms with Crippen LogP contribution in [0.5, 0.6) is 11.5 Å². The molecule has 0 aliphatic carbocycles. The van der Waals surface area contributed by atoms with Gasteiger partial charge in [0.15, 0.2) is 0 Å². The van der Waals surface area contributed by atoms with Gasteiger partial charge in [0.1, 0.15) is 11.5 Å². The van der Waals surface area contributed by atoms with E-state index in [0.717, 1.165) is 17.1 Å². The molecule has 1 rings (SSSR count). The zero-order chi connectivity index (χ0) is 18.4. The van der Waals surface area contributed by atoms with Crippen molar-refractivity contribution in [2.75, 3.05) is 34.9 Å². The summed E-state index contributed by atoms with van der Waals surface area (Å²) < 4.78 is 10.4. The lowest BCUT2D eigenvalue weighted by atomic mass is 10.2. The summed E-state index contributed by atoms with van der Waals surface area (Å²) in [5, 5.41) is 8.14. The Hall–Kier alpha value is -2.54. The molecule has 134 valence electrons. The quantitative estimate of drug-likeness (QED) is 0.483. The lowest BCUT2D eigenvalue weighted by molar-refractivity contribution is -0.120. The Morgan fingerprint density at radius 1 is 1.08 bits per heavy atom. The number of carbonyl (C=O) groups is 2. The number of rotatable bonds is 8. The van der Waals surface area contributed by atoms with Gasteiger partial charge in [-0.1, -0.05) is 6.58 Å². The van der Waals surface area contributed by atoms with Crippen molar-refractivity contribution in [1.82, 2.24) is 16.0 Å². The molecule has 0 unspecified atom stereocenters. The molecule has 1 aromatic rings. The van der Waals surface area contributed by atoms with Crippen LogP contribution < -0.4 is 25.4 Å². The van der Waals surface area contributed by atoms with Crippen LogP contribution in [-0.2, 0) is 16.1 Å². The lowest BCUT2D eigenvalue weighted by Crippen LogP contribution is -2.24. The summed E-state index contributed by atoms with van der Waals surface area (Å²) in [5.74, 6) is 1.41. The second kappa shape index (κ2) is 13.0. The fourth-order valence-corrected chi connectivity index (χ4v) is 1.63. The van der Waals surface area contributed by atoms with E-state index < -0.39 is 0 Å². The maximum absolute atomic E-state index is 11.0. The third-order valence-corrected chi connectivity index (χ3v) is 2.98. The van der Waals surface area contributed by atoms with Crippen LogP contribution in [0, 0.1) is 0 Å². The first kappa shape index (κ1) is 21.5. The Labute approximate surface area is 143 Å². The number of methoxy groups -OCH3 is 2. The van der Waals surface area contributed by atoms with Crippen molar-refractivity contribution < 1.29 is 19.1 Å². The van der Waals surface area contributed by atoms with Crippen LogP contribution in [0.2, 0.25) is 0 Å². The summed E-state index contributed by atoms with van der Waals surface area (Å²) in [5.41, 5.74) is 1.06. The molecule has 0 saturated carbocycles. The Kier molecular flexibility index (Phi) is 11.6. The van der Waals surface area contributed by atoms with Crippen molar-refractivity contribution in [3.05, 3.63) is 36.4 Å². The molecule has 0 fully saturated rings. The lowest BCUT2D eigenvalue weighted by Gasteiger charge is -2.09. The Balaban J connectivity index is 0.000000754. The molecule has 7 nitrogen and oxygen atoms in total. The highest BCUT2D eigenvalue weighted by molar-refractivity contribution is 5.86. The molecule has 0 radical (unpaired) electrons. The van der Waals surface area contributed by atoms with Gasteiger partial charge in [0.25, 0.3) is 0 Å². The van der Waals surface area contributed by atoms with Gasteiger partial charge in [0, 0.05) is 39.7 Å². The molecule has 0 bridgehead atoms. The highest BCUT2D eigenvalue weighted by Gasteiger charge is 2.02. The van der Waals surface area contributed by atoms with Gasteiger partial charge in [0.05, 0.1) is 14.2 Å². The van der Waals surface area contributed by atoms with Crippen molar-refractivity contribution >= 4 is 11.8 Å². The third-order valence-electron chi connectivity index (χ3n) is 2.98. The fraction of sp³-hybridized carbons (Fsp3) is 0.412. The van der Waals surface area contributed by atoms with Gasteiger partial charge in [0.2, 0.25) is 11.8 Å². The fourth-order valence-electron chi connectivity index (χ4n) is 1.63. The van der Waals surface area contributed by atoms with Crippen LogP contribution >= 0.6 is 0 Å². The number of ether oxygens (including phenoxy) is 2. The van der Waals surface area contributed by atoms with Crippen LogP contribution in [-0.4, -0.2) is 46.7 Å². The Morgan fingerprint density at radius 3 is 2.04 bits per heavy atom. The molecule has 2 amide bonds. The van der Waals surface area contributed by atoms with Crippen molar-refractivity contribution in [1.29, 1.82) is 0 Å². The molecular formula is C17H27N3O4. The molecule has 3 N–H and O–H groups in total. The molecule has 0 spiro atoms. The van der Waals surface area contributed by atoms with Crippen molar-refractivity contribution in [2.24, 2.45) is 0 Å². The van der Waals surface area contributed by atoms with E-state index in [9.17, 15) is 9.59 Å². The molecule has 0 saturated heterocycles. The third kappa shape index (κ3) is 9.47. The highest BCUT2D eigenvalue weighted by Crippen LogP contribution is 2.22. The van der Waals surface area contributed by atoms with E-state index in [2.05, 4.69) is 22.5 Å². The highest BCUT2D eigenvalue weighted by atomic mass is 16.5. The molecule has 0 aliphatic heterocycles. The minimum absolute atomic E-state index is 0.0331. The number of likely N-dealkylation sites (N-methyl/N-ethyl adjacent to an activating group) is 1. The average Bonchev–Trinajstić information content (AvgIpc) is 2.64. The van der Waals surface area contributed by atoms with Crippen LogP contribution in [0.4, 0.5) is 0 Å². The van der Waals surface area contributed by atoms with E-state index in [-0.39, 0.29) is 11.8 Å². The van der Waals surface area contributed by atoms with Crippen LogP contribution in [0.25, 0.3) is 0 Å². The smallest absolute Gasteiger partial charge is 0.243 e. The number of hydrogen-bond donors (Lipinski definition) is 3. The summed E-state index contributed by atoms with van der Waals surface area (Å²) in [6.45, 7) is 4.53. The minimum atomic E-state index is -0.144. The Morgan fingerprint density at radius 2 is 1.67 bits per heavy atom. The summed E-state index contributed by atoms with van der Waals surface area (Å²) in [6.07, 6.45) is 1.69. The predicted octanol–water partition coefficient (Wildman–Crippen LogP) is 0.848. The zero-order valence-electron chi connectivity index (χ0n) is 14.8. The second-order valence-corrected chi connectivity index (χ2v) is 4.64. The van der Waals surface area contributed by atoms with E-state index in [0.29, 0.717) is 19.5 Å². The van der Waals surface area contributed by atoms with Crippen molar-refractivity contribution in [2.45, 2.75) is 13.0 Å². The van der Waals surface area contributed by atoms with Gasteiger partial charge in [-0.15, -0.1) is 0 Å². The summed E-state index contributed by atoms with van der Waals surface area (Å²) >= 11 is 0. The van der Waals surface area contributed by atoms with Gasteiger partial charge in [-0.25, -0.2) is 0 Å². The monoisotopic (exact) mass is 337 g/mol. The zero-order valence-corrected chi connectivity index (χ0v) is 14.8. The molecule has 7 heteroatoms. The van der Waals surface area contributed by atoms with Crippen LogP contribution in [0.3, 0.4) is 0 Å². The van der Waals surface area contributed by atoms with Crippen LogP contribution in [0.1, 0.15) is 12.0 Å². The van der Waals surface area contributed by atoms with E-state index in [1.54, 1.807) is 28.3 Å². The molecule has 0 heterocycles. The first-order valence-electron chi connectivity index (χ1n) is 7.48. The minimum Gasteiger partial charge on any atom is -0.497 e. The average molecular weight is 337 g/mol. The topological polar surface area (TPSA) is 88.7 Å². The maximum atomic E-state index is 11.0. The normalized spacial score (nSPS) is 9.17. The van der Waals surface area contributed by atoms with E-state index in [1.165, 1.54) is 6.08 Å². The number of nitrogens with one attached hydrogen (secondary N) is 3. The first-order valence-corrected chi connectivity index (χ1v) is 7.48. The number of hydrogen-bond acceptors (Lipinski definition) is 5. The number of benzene rings is 1. The molecule has 0 aromatic heterocycles. The molecule has 24 heavy (non-hydrogen) atoms. The van der Waals surface area contributed by atoms with Gasteiger partial charge in [-0.05, 0) is 23.8 Å². The molecule has 0 atom stereocenters. The molecule has 0 aliphatic rings. The second-order valence-electron chi connectivity index (χ2n) is 4.64. The van der Waals surface area contributed by atoms with Crippen molar-refractivity contribution in [3.8, 4) is 11.5 Å².